The Balaban J connectivity index is 2.00. The highest BCUT2D eigenvalue weighted by Crippen LogP contribution is 2.04. The van der Waals surface area contributed by atoms with Gasteiger partial charge in [-0.15, -0.1) is 0 Å². The Hall–Kier alpha value is -1.31. The Labute approximate surface area is 111 Å². The topological polar surface area (TPSA) is 29.1 Å². The minimum Gasteiger partial charge on any atom is -0.356 e. The molecule has 0 saturated carbocycles. The van der Waals surface area contributed by atoms with E-state index in [0.29, 0.717) is 6.42 Å². The number of unbranched alkanes of at least 4 members (excludes halogenated alkanes) is 3. The van der Waals surface area contributed by atoms with Crippen LogP contribution in [-0.4, -0.2) is 12.5 Å². The Morgan fingerprint density at radius 3 is 2.56 bits per heavy atom. The van der Waals surface area contributed by atoms with E-state index in [4.69, 9.17) is 0 Å². The smallest absolute Gasteiger partial charge is 0.220 e. The van der Waals surface area contributed by atoms with E-state index in [1.807, 2.05) is 18.2 Å². The number of benzene rings is 1. The van der Waals surface area contributed by atoms with Crippen LogP contribution in [0.15, 0.2) is 30.3 Å². The van der Waals surface area contributed by atoms with E-state index in [0.717, 1.165) is 25.8 Å². The zero-order valence-corrected chi connectivity index (χ0v) is 11.5. The second-order valence-corrected chi connectivity index (χ2v) is 4.75. The second-order valence-electron chi connectivity index (χ2n) is 4.75. The van der Waals surface area contributed by atoms with Gasteiger partial charge in [0.25, 0.3) is 0 Å². The van der Waals surface area contributed by atoms with E-state index < -0.39 is 0 Å². The molecule has 0 spiro atoms. The minimum absolute atomic E-state index is 0.197. The molecule has 0 heterocycles. The van der Waals surface area contributed by atoms with Crippen LogP contribution in [-0.2, 0) is 11.2 Å². The molecule has 1 N–H and O–H groups in total. The van der Waals surface area contributed by atoms with Gasteiger partial charge in [-0.05, 0) is 24.8 Å². The average molecular weight is 247 g/mol. The van der Waals surface area contributed by atoms with Crippen molar-refractivity contribution in [2.75, 3.05) is 6.54 Å². The first-order valence-electron chi connectivity index (χ1n) is 7.13. The molecule has 0 aromatic heterocycles. The van der Waals surface area contributed by atoms with Gasteiger partial charge in [0.05, 0.1) is 0 Å². The Bertz CT molecular complexity index is 321. The second kappa shape index (κ2) is 9.69. The molecule has 1 aromatic rings. The number of carbonyl (C=O) groups excluding carboxylic acids is 1. The lowest BCUT2D eigenvalue weighted by Gasteiger charge is -2.05. The van der Waals surface area contributed by atoms with Gasteiger partial charge in [-0.3, -0.25) is 4.79 Å². The molecular formula is C16H25NO. The van der Waals surface area contributed by atoms with Crippen LogP contribution in [0.2, 0.25) is 0 Å². The SMILES string of the molecule is CCCCCCNC(=O)CCCc1ccccc1. The van der Waals surface area contributed by atoms with Gasteiger partial charge >= 0.3 is 0 Å². The van der Waals surface area contributed by atoms with Crippen molar-refractivity contribution in [1.29, 1.82) is 0 Å². The summed E-state index contributed by atoms with van der Waals surface area (Å²) in [6.45, 7) is 3.03. The highest BCUT2D eigenvalue weighted by molar-refractivity contribution is 5.75. The highest BCUT2D eigenvalue weighted by atomic mass is 16.1. The first kappa shape index (κ1) is 14.7. The number of carbonyl (C=O) groups is 1. The molecule has 0 aliphatic carbocycles. The monoisotopic (exact) mass is 247 g/mol. The molecule has 1 rings (SSSR count). The summed E-state index contributed by atoms with van der Waals surface area (Å²) < 4.78 is 0. The van der Waals surface area contributed by atoms with Gasteiger partial charge in [0.1, 0.15) is 0 Å². The Morgan fingerprint density at radius 1 is 1.06 bits per heavy atom. The molecule has 0 aliphatic heterocycles. The molecular weight excluding hydrogens is 222 g/mol. The van der Waals surface area contributed by atoms with Crippen LogP contribution < -0.4 is 5.32 Å². The van der Waals surface area contributed by atoms with E-state index in [2.05, 4.69) is 24.4 Å². The summed E-state index contributed by atoms with van der Waals surface area (Å²) in [5, 5.41) is 2.99. The van der Waals surface area contributed by atoms with E-state index >= 15 is 0 Å². The molecule has 100 valence electrons. The number of hydrogen-bond acceptors (Lipinski definition) is 1. The van der Waals surface area contributed by atoms with Crippen molar-refractivity contribution in [2.24, 2.45) is 0 Å². The minimum atomic E-state index is 0.197. The maximum Gasteiger partial charge on any atom is 0.220 e. The fraction of sp³-hybridized carbons (Fsp3) is 0.562. The van der Waals surface area contributed by atoms with Crippen molar-refractivity contribution in [2.45, 2.75) is 51.9 Å². The van der Waals surface area contributed by atoms with E-state index in [1.54, 1.807) is 0 Å². The van der Waals surface area contributed by atoms with Gasteiger partial charge in [0.2, 0.25) is 5.91 Å². The van der Waals surface area contributed by atoms with Gasteiger partial charge in [-0.1, -0.05) is 56.5 Å². The molecule has 0 radical (unpaired) electrons. The van der Waals surface area contributed by atoms with E-state index in [-0.39, 0.29) is 5.91 Å². The van der Waals surface area contributed by atoms with Crippen molar-refractivity contribution < 1.29 is 4.79 Å². The lowest BCUT2D eigenvalue weighted by Crippen LogP contribution is -2.24. The number of rotatable bonds is 9. The van der Waals surface area contributed by atoms with Gasteiger partial charge < -0.3 is 5.32 Å². The fourth-order valence-corrected chi connectivity index (χ4v) is 1.97. The third kappa shape index (κ3) is 7.10. The van der Waals surface area contributed by atoms with Crippen molar-refractivity contribution in [3.05, 3.63) is 35.9 Å². The first-order chi connectivity index (χ1) is 8.83. The summed E-state index contributed by atoms with van der Waals surface area (Å²) in [5.41, 5.74) is 1.31. The maximum atomic E-state index is 11.6. The van der Waals surface area contributed by atoms with Crippen LogP contribution in [0.3, 0.4) is 0 Å². The Morgan fingerprint density at radius 2 is 1.83 bits per heavy atom. The van der Waals surface area contributed by atoms with Gasteiger partial charge in [0, 0.05) is 13.0 Å². The molecule has 0 aliphatic rings. The van der Waals surface area contributed by atoms with Crippen LogP contribution in [0.1, 0.15) is 51.0 Å². The zero-order valence-electron chi connectivity index (χ0n) is 11.5. The Kier molecular flexibility index (Phi) is 7.94. The lowest BCUT2D eigenvalue weighted by atomic mass is 10.1. The van der Waals surface area contributed by atoms with Crippen LogP contribution in [0, 0.1) is 0 Å². The first-order valence-corrected chi connectivity index (χ1v) is 7.13. The van der Waals surface area contributed by atoms with Gasteiger partial charge in [0.15, 0.2) is 0 Å². The third-order valence-electron chi connectivity index (χ3n) is 3.06. The summed E-state index contributed by atoms with van der Waals surface area (Å²) in [7, 11) is 0. The zero-order chi connectivity index (χ0) is 13.1. The van der Waals surface area contributed by atoms with Crippen molar-refractivity contribution >= 4 is 5.91 Å². The highest BCUT2D eigenvalue weighted by Gasteiger charge is 2.00. The molecule has 1 amide bonds. The third-order valence-corrected chi connectivity index (χ3v) is 3.06. The predicted octanol–water partition coefficient (Wildman–Crippen LogP) is 3.71. The molecule has 0 unspecified atom stereocenters. The van der Waals surface area contributed by atoms with Gasteiger partial charge in [-0.2, -0.15) is 0 Å². The number of amides is 1. The molecule has 18 heavy (non-hydrogen) atoms. The molecule has 0 fully saturated rings. The van der Waals surface area contributed by atoms with E-state index in [9.17, 15) is 4.79 Å². The number of nitrogens with one attached hydrogen (secondary N) is 1. The van der Waals surface area contributed by atoms with Crippen molar-refractivity contribution in [3.8, 4) is 0 Å². The molecule has 0 bridgehead atoms. The molecule has 0 atom stereocenters. The van der Waals surface area contributed by atoms with Crippen LogP contribution in [0.5, 0.6) is 0 Å². The quantitative estimate of drug-likeness (QED) is 0.662. The fourth-order valence-electron chi connectivity index (χ4n) is 1.97. The lowest BCUT2D eigenvalue weighted by molar-refractivity contribution is -0.121. The van der Waals surface area contributed by atoms with Crippen molar-refractivity contribution in [3.63, 3.8) is 0 Å². The molecule has 0 saturated heterocycles. The summed E-state index contributed by atoms with van der Waals surface area (Å²) in [6, 6.07) is 10.3. The predicted molar refractivity (Wildman–Crippen MR) is 76.5 cm³/mol. The number of hydrogen-bond donors (Lipinski definition) is 1. The van der Waals surface area contributed by atoms with Crippen LogP contribution in [0.25, 0.3) is 0 Å². The molecule has 1 aromatic carbocycles. The standard InChI is InChI=1S/C16H25NO/c1-2-3-4-8-14-17-16(18)13-9-12-15-10-6-5-7-11-15/h5-7,10-11H,2-4,8-9,12-14H2,1H3,(H,17,18). The normalized spacial score (nSPS) is 10.3. The average Bonchev–Trinajstić information content (AvgIpc) is 2.40. The largest absolute Gasteiger partial charge is 0.356 e. The number of aryl methyl sites for hydroxylation is 1. The van der Waals surface area contributed by atoms with Crippen LogP contribution in [0.4, 0.5) is 0 Å². The van der Waals surface area contributed by atoms with Crippen LogP contribution >= 0.6 is 0 Å². The summed E-state index contributed by atoms with van der Waals surface area (Å²) in [6.07, 6.45) is 7.41. The molecule has 2 nitrogen and oxygen atoms in total. The van der Waals surface area contributed by atoms with Crippen molar-refractivity contribution in [1.82, 2.24) is 5.32 Å². The summed E-state index contributed by atoms with van der Waals surface area (Å²) >= 11 is 0. The molecule has 2 heteroatoms. The maximum absolute atomic E-state index is 11.6. The summed E-state index contributed by atoms with van der Waals surface area (Å²) in [4.78, 5) is 11.6. The van der Waals surface area contributed by atoms with Gasteiger partial charge in [-0.25, -0.2) is 0 Å². The summed E-state index contributed by atoms with van der Waals surface area (Å²) in [5.74, 6) is 0.197. The van der Waals surface area contributed by atoms with E-state index in [1.165, 1.54) is 24.8 Å².